The summed E-state index contributed by atoms with van der Waals surface area (Å²) in [5.41, 5.74) is 3.17. The molecule has 12 heteroatoms. The van der Waals surface area contributed by atoms with Crippen molar-refractivity contribution < 1.29 is 33.6 Å². The van der Waals surface area contributed by atoms with Crippen LogP contribution in [0.1, 0.15) is 34.1 Å². The van der Waals surface area contributed by atoms with Gasteiger partial charge < -0.3 is 10.1 Å². The summed E-state index contributed by atoms with van der Waals surface area (Å²) < 4.78 is 4.98. The van der Waals surface area contributed by atoms with E-state index in [0.29, 0.717) is 11.3 Å². The van der Waals surface area contributed by atoms with Crippen LogP contribution >= 0.6 is 0 Å². The molecular formula is C22H20N4O8. The maximum Gasteiger partial charge on any atom is 0.311 e. The molecule has 12 nitrogen and oxygen atoms in total. The molecule has 0 radical (unpaired) electrons. The molecule has 176 valence electrons. The highest BCUT2D eigenvalue weighted by atomic mass is 16.6. The first-order valence-electron chi connectivity index (χ1n) is 10.1. The maximum absolute atomic E-state index is 12.3. The van der Waals surface area contributed by atoms with E-state index in [-0.39, 0.29) is 30.0 Å². The lowest BCUT2D eigenvalue weighted by molar-refractivity contribution is -0.384. The van der Waals surface area contributed by atoms with Gasteiger partial charge in [0.15, 0.2) is 12.4 Å². The molecule has 0 aliphatic carbocycles. The van der Waals surface area contributed by atoms with Crippen molar-refractivity contribution in [3.8, 4) is 0 Å². The molecular weight excluding hydrogens is 448 g/mol. The van der Waals surface area contributed by atoms with E-state index in [2.05, 4.69) is 10.7 Å². The number of nitro groups is 1. The zero-order valence-corrected chi connectivity index (χ0v) is 18.0. The molecule has 1 saturated heterocycles. The number of ketones is 1. The Labute approximate surface area is 193 Å². The van der Waals surface area contributed by atoms with Gasteiger partial charge in [0.25, 0.3) is 17.5 Å². The molecule has 0 bridgehead atoms. The van der Waals surface area contributed by atoms with Gasteiger partial charge in [-0.2, -0.15) is 0 Å². The zero-order chi connectivity index (χ0) is 24.8. The average molecular weight is 468 g/mol. The summed E-state index contributed by atoms with van der Waals surface area (Å²) in [6, 6.07) is 11.0. The van der Waals surface area contributed by atoms with Gasteiger partial charge in [0, 0.05) is 35.4 Å². The number of carbonyl (C=O) groups excluding carboxylic acids is 5. The fourth-order valence-electron chi connectivity index (χ4n) is 3.14. The van der Waals surface area contributed by atoms with Crippen molar-refractivity contribution in [1.29, 1.82) is 0 Å². The van der Waals surface area contributed by atoms with Crippen LogP contribution in [-0.4, -0.2) is 52.6 Å². The van der Waals surface area contributed by atoms with Crippen LogP contribution in [0.25, 0.3) is 0 Å². The first-order chi connectivity index (χ1) is 16.1. The van der Waals surface area contributed by atoms with E-state index in [1.165, 1.54) is 31.2 Å². The van der Waals surface area contributed by atoms with Gasteiger partial charge in [-0.3, -0.25) is 44.5 Å². The van der Waals surface area contributed by atoms with Crippen LogP contribution in [0.2, 0.25) is 0 Å². The van der Waals surface area contributed by atoms with Crippen LogP contribution in [-0.2, 0) is 19.1 Å². The fourth-order valence-corrected chi connectivity index (χ4v) is 3.14. The van der Waals surface area contributed by atoms with Crippen molar-refractivity contribution in [3.63, 3.8) is 0 Å². The van der Waals surface area contributed by atoms with Crippen LogP contribution in [0.15, 0.2) is 48.5 Å². The lowest BCUT2D eigenvalue weighted by Crippen LogP contribution is -2.43. The standard InChI is InChI=1S/C22H20N4O8/c1-13(27)14-2-6-17(7-3-14)23-19(28)12-34-22(31)16-10-20(29)25(11-16)24-21(30)15-4-8-18(9-5-15)26(32)33/h2-9,16H,10-12H2,1H3,(H,23,28)(H,24,30)/t16-/m1/s1. The van der Waals surface area contributed by atoms with Crippen LogP contribution < -0.4 is 10.7 Å². The third kappa shape index (κ3) is 6.00. The normalized spacial score (nSPS) is 14.9. The Bertz CT molecular complexity index is 1140. The summed E-state index contributed by atoms with van der Waals surface area (Å²) in [5, 5.41) is 14.2. The number of non-ortho nitro benzene ring substituents is 1. The number of ether oxygens (including phenoxy) is 1. The van der Waals surface area contributed by atoms with E-state index >= 15 is 0 Å². The minimum atomic E-state index is -0.882. The molecule has 1 heterocycles. The summed E-state index contributed by atoms with van der Waals surface area (Å²) in [4.78, 5) is 70.1. The van der Waals surface area contributed by atoms with Crippen molar-refractivity contribution in [3.05, 3.63) is 69.8 Å². The average Bonchev–Trinajstić information content (AvgIpc) is 3.18. The molecule has 1 fully saturated rings. The molecule has 2 aromatic carbocycles. The Kier molecular flexibility index (Phi) is 7.31. The summed E-state index contributed by atoms with van der Waals surface area (Å²) in [5.74, 6) is -3.57. The number of Topliss-reactive ketones (excluding diaryl/α,β-unsaturated/α-hetero) is 1. The van der Waals surface area contributed by atoms with Crippen LogP contribution in [0.4, 0.5) is 11.4 Å². The minimum Gasteiger partial charge on any atom is -0.455 e. The molecule has 3 amide bonds. The molecule has 3 rings (SSSR count). The Morgan fingerprint density at radius 2 is 1.68 bits per heavy atom. The van der Waals surface area contributed by atoms with Crippen LogP contribution in [0, 0.1) is 16.0 Å². The van der Waals surface area contributed by atoms with Gasteiger partial charge in [0.1, 0.15) is 0 Å². The predicted molar refractivity (Wildman–Crippen MR) is 116 cm³/mol. The van der Waals surface area contributed by atoms with E-state index in [1.807, 2.05) is 0 Å². The Hall–Kier alpha value is -4.61. The highest BCUT2D eigenvalue weighted by Gasteiger charge is 2.36. The number of esters is 1. The van der Waals surface area contributed by atoms with E-state index in [0.717, 1.165) is 17.1 Å². The van der Waals surface area contributed by atoms with Gasteiger partial charge in [-0.05, 0) is 43.3 Å². The Morgan fingerprint density at radius 1 is 1.06 bits per heavy atom. The molecule has 34 heavy (non-hydrogen) atoms. The van der Waals surface area contributed by atoms with Gasteiger partial charge in [0.05, 0.1) is 17.4 Å². The highest BCUT2D eigenvalue weighted by Crippen LogP contribution is 2.19. The van der Waals surface area contributed by atoms with Crippen molar-refractivity contribution in [2.75, 3.05) is 18.5 Å². The molecule has 1 aliphatic heterocycles. The van der Waals surface area contributed by atoms with E-state index in [4.69, 9.17) is 4.74 Å². The minimum absolute atomic E-state index is 0.0948. The van der Waals surface area contributed by atoms with E-state index in [1.54, 1.807) is 12.1 Å². The predicted octanol–water partition coefficient (Wildman–Crippen LogP) is 1.47. The van der Waals surface area contributed by atoms with E-state index < -0.39 is 41.1 Å². The number of hydrogen-bond acceptors (Lipinski definition) is 8. The number of anilines is 1. The van der Waals surface area contributed by atoms with Gasteiger partial charge in [0.2, 0.25) is 5.91 Å². The van der Waals surface area contributed by atoms with Gasteiger partial charge in [-0.15, -0.1) is 0 Å². The lowest BCUT2D eigenvalue weighted by atomic mass is 10.1. The molecule has 0 aromatic heterocycles. The molecule has 1 aliphatic rings. The third-order valence-corrected chi connectivity index (χ3v) is 4.96. The molecule has 0 saturated carbocycles. The Balaban J connectivity index is 1.47. The molecule has 0 unspecified atom stereocenters. The second kappa shape index (κ2) is 10.3. The van der Waals surface area contributed by atoms with E-state index in [9.17, 15) is 34.1 Å². The van der Waals surface area contributed by atoms with Crippen molar-refractivity contribution in [1.82, 2.24) is 10.4 Å². The highest BCUT2D eigenvalue weighted by molar-refractivity contribution is 5.97. The quantitative estimate of drug-likeness (QED) is 0.254. The van der Waals surface area contributed by atoms with Gasteiger partial charge in [-0.1, -0.05) is 0 Å². The number of rotatable bonds is 8. The van der Waals surface area contributed by atoms with Crippen molar-refractivity contribution in [2.24, 2.45) is 5.92 Å². The summed E-state index contributed by atoms with van der Waals surface area (Å²) >= 11 is 0. The summed E-state index contributed by atoms with van der Waals surface area (Å²) in [6.45, 7) is 0.695. The fraction of sp³-hybridized carbons (Fsp3) is 0.227. The van der Waals surface area contributed by atoms with Crippen LogP contribution in [0.3, 0.4) is 0 Å². The second-order valence-corrected chi connectivity index (χ2v) is 7.44. The Morgan fingerprint density at radius 3 is 2.26 bits per heavy atom. The van der Waals surface area contributed by atoms with Gasteiger partial charge >= 0.3 is 5.97 Å². The number of nitrogens with zero attached hydrogens (tertiary/aromatic N) is 2. The first kappa shape index (κ1) is 24.0. The molecule has 1 atom stereocenters. The smallest absolute Gasteiger partial charge is 0.311 e. The first-order valence-corrected chi connectivity index (χ1v) is 10.1. The summed E-state index contributed by atoms with van der Waals surface area (Å²) in [7, 11) is 0. The number of benzene rings is 2. The topological polar surface area (TPSA) is 165 Å². The second-order valence-electron chi connectivity index (χ2n) is 7.44. The molecule has 2 aromatic rings. The van der Waals surface area contributed by atoms with Crippen molar-refractivity contribution >= 4 is 40.8 Å². The number of carbonyl (C=O) groups is 5. The third-order valence-electron chi connectivity index (χ3n) is 4.96. The summed E-state index contributed by atoms with van der Waals surface area (Å²) in [6.07, 6.45) is -0.215. The number of nitrogens with one attached hydrogen (secondary N) is 2. The number of hydrazine groups is 1. The largest absolute Gasteiger partial charge is 0.455 e. The number of amides is 3. The molecule has 2 N–H and O–H groups in total. The monoisotopic (exact) mass is 468 g/mol. The molecule has 0 spiro atoms. The van der Waals surface area contributed by atoms with Crippen LogP contribution in [0.5, 0.6) is 0 Å². The number of hydrogen-bond donors (Lipinski definition) is 2. The maximum atomic E-state index is 12.3. The number of nitro benzene ring substituents is 1. The van der Waals surface area contributed by atoms with Gasteiger partial charge in [-0.25, -0.2) is 0 Å². The SMILES string of the molecule is CC(=O)c1ccc(NC(=O)COC(=O)[C@@H]2CC(=O)N(NC(=O)c3ccc([N+](=O)[O-])cc3)C2)cc1. The zero-order valence-electron chi connectivity index (χ0n) is 18.0. The van der Waals surface area contributed by atoms with Crippen molar-refractivity contribution in [2.45, 2.75) is 13.3 Å². The lowest BCUT2D eigenvalue weighted by Gasteiger charge is -2.17.